The molecular weight excluding hydrogens is 326 g/mol. The molecule has 0 radical (unpaired) electrons. The van der Waals surface area contributed by atoms with Crippen molar-refractivity contribution < 1.29 is 19.2 Å². The second-order valence-electron chi connectivity index (χ2n) is 7.11. The Bertz CT molecular complexity index is 648. The van der Waals surface area contributed by atoms with Crippen molar-refractivity contribution in [1.29, 1.82) is 0 Å². The van der Waals surface area contributed by atoms with E-state index in [-0.39, 0.29) is 11.4 Å². The molecule has 0 aliphatic carbocycles. The maximum atomic E-state index is 11.6. The summed E-state index contributed by atoms with van der Waals surface area (Å²) in [5, 5.41) is 11.6. The van der Waals surface area contributed by atoms with Gasteiger partial charge in [-0.3, -0.25) is 15.0 Å². The van der Waals surface area contributed by atoms with Gasteiger partial charge in [-0.05, 0) is 43.5 Å². The second-order valence-corrected chi connectivity index (χ2v) is 7.11. The maximum Gasteiger partial charge on any atom is 0.410 e. The molecular formula is C17H25N3O5. The molecule has 1 saturated heterocycles. The highest BCUT2D eigenvalue weighted by atomic mass is 16.6. The highest BCUT2D eigenvalue weighted by Gasteiger charge is 2.34. The number of nitrogens with two attached hydrogens (primary N) is 1. The van der Waals surface area contributed by atoms with Gasteiger partial charge in [0.05, 0.1) is 10.5 Å². The summed E-state index contributed by atoms with van der Waals surface area (Å²) < 4.78 is 10.7. The van der Waals surface area contributed by atoms with Gasteiger partial charge in [-0.2, -0.15) is 0 Å². The average Bonchev–Trinajstić information content (AvgIpc) is 2.99. The van der Waals surface area contributed by atoms with Gasteiger partial charge < -0.3 is 15.2 Å². The number of benzene rings is 1. The van der Waals surface area contributed by atoms with E-state index in [1.165, 1.54) is 18.9 Å². The number of amides is 1. The molecule has 1 aliphatic rings. The summed E-state index contributed by atoms with van der Waals surface area (Å²) in [6.45, 7) is 8.86. The summed E-state index contributed by atoms with van der Waals surface area (Å²) in [5.74, 6) is 0.254. The first-order valence-electron chi connectivity index (χ1n) is 8.34. The van der Waals surface area contributed by atoms with Crippen molar-refractivity contribution in [2.75, 3.05) is 26.2 Å². The molecule has 0 spiro atoms. The molecule has 25 heavy (non-hydrogen) atoms. The molecule has 1 heterocycles. The molecule has 2 N–H and O–H groups in total. The van der Waals surface area contributed by atoms with Gasteiger partial charge >= 0.3 is 11.8 Å². The van der Waals surface area contributed by atoms with Crippen LogP contribution in [0.2, 0.25) is 0 Å². The van der Waals surface area contributed by atoms with Crippen molar-refractivity contribution in [2.24, 2.45) is 5.73 Å². The van der Waals surface area contributed by atoms with Crippen LogP contribution in [0.3, 0.4) is 0 Å². The normalized spacial score (nSPS) is 15.2. The topological polar surface area (TPSA) is 108 Å². The van der Waals surface area contributed by atoms with Gasteiger partial charge in [0, 0.05) is 6.54 Å². The Morgan fingerprint density at radius 3 is 2.40 bits per heavy atom. The van der Waals surface area contributed by atoms with E-state index < -0.39 is 16.4 Å². The van der Waals surface area contributed by atoms with Crippen LogP contribution in [0.4, 0.5) is 10.5 Å². The quantitative estimate of drug-likeness (QED) is 0.623. The monoisotopic (exact) mass is 351 g/mol. The Labute approximate surface area is 147 Å². The first-order valence-corrected chi connectivity index (χ1v) is 8.34. The Kier molecular flexibility index (Phi) is 5.84. The molecule has 1 aliphatic heterocycles. The first-order chi connectivity index (χ1) is 11.7. The fraction of sp³-hybridized carbons (Fsp3) is 0.588. The zero-order chi connectivity index (χ0) is 18.6. The number of hydrogen-bond acceptors (Lipinski definition) is 6. The van der Waals surface area contributed by atoms with Crippen LogP contribution in [-0.2, 0) is 5.41 Å². The Morgan fingerprint density at radius 1 is 1.28 bits per heavy atom. The number of carbonyl (C=O) groups excluding carboxylic acids is 1. The van der Waals surface area contributed by atoms with E-state index in [0.29, 0.717) is 17.9 Å². The molecule has 0 aromatic heterocycles. The molecule has 1 amide bonds. The molecule has 0 bridgehead atoms. The minimum Gasteiger partial charge on any atom is -0.492 e. The van der Waals surface area contributed by atoms with Gasteiger partial charge in [0.2, 0.25) is 5.75 Å². The molecule has 8 nitrogen and oxygen atoms in total. The van der Waals surface area contributed by atoms with Crippen LogP contribution >= 0.6 is 0 Å². The van der Waals surface area contributed by atoms with E-state index in [9.17, 15) is 14.9 Å². The fourth-order valence-corrected chi connectivity index (χ4v) is 3.06. The third-order valence-corrected chi connectivity index (χ3v) is 4.11. The van der Waals surface area contributed by atoms with Crippen LogP contribution in [0, 0.1) is 10.1 Å². The zero-order valence-electron chi connectivity index (χ0n) is 14.9. The number of hydrogen-bond donors (Lipinski definition) is 1. The van der Waals surface area contributed by atoms with Crippen molar-refractivity contribution in [3.63, 3.8) is 0 Å². The standard InChI is InChI=1S/C17H25N3O5/c1-17(2,3)14-12(24-11-10-19-8-4-5-9-19)6-7-13(25-16(18)21)15(14)20(22)23/h6-7H,4-5,8-11H2,1-3H3,(H2,18,21). The van der Waals surface area contributed by atoms with Crippen molar-refractivity contribution in [3.8, 4) is 11.5 Å². The van der Waals surface area contributed by atoms with Gasteiger partial charge in [-0.25, -0.2) is 4.79 Å². The van der Waals surface area contributed by atoms with Crippen LogP contribution in [0.15, 0.2) is 12.1 Å². The molecule has 1 aromatic rings. The average molecular weight is 351 g/mol. The van der Waals surface area contributed by atoms with Gasteiger partial charge in [-0.1, -0.05) is 20.8 Å². The molecule has 8 heteroatoms. The molecule has 2 rings (SSSR count). The zero-order valence-corrected chi connectivity index (χ0v) is 14.9. The van der Waals surface area contributed by atoms with Crippen molar-refractivity contribution in [2.45, 2.75) is 39.0 Å². The van der Waals surface area contributed by atoms with Gasteiger partial charge in [-0.15, -0.1) is 0 Å². The number of nitro groups is 1. The summed E-state index contributed by atoms with van der Waals surface area (Å²) in [5.41, 5.74) is 4.54. The first kappa shape index (κ1) is 19.0. The second kappa shape index (κ2) is 7.69. The lowest BCUT2D eigenvalue weighted by Crippen LogP contribution is -2.26. The number of ether oxygens (including phenoxy) is 2. The summed E-state index contributed by atoms with van der Waals surface area (Å²) in [4.78, 5) is 24.4. The summed E-state index contributed by atoms with van der Waals surface area (Å²) in [6, 6.07) is 2.94. The smallest absolute Gasteiger partial charge is 0.410 e. The van der Waals surface area contributed by atoms with E-state index in [0.717, 1.165) is 19.6 Å². The highest BCUT2D eigenvalue weighted by molar-refractivity contribution is 5.72. The van der Waals surface area contributed by atoms with Gasteiger partial charge in [0.25, 0.3) is 0 Å². The molecule has 0 saturated carbocycles. The number of rotatable bonds is 6. The van der Waals surface area contributed by atoms with Crippen LogP contribution in [0.25, 0.3) is 0 Å². The lowest BCUT2D eigenvalue weighted by atomic mass is 9.84. The number of nitrogens with zero attached hydrogens (tertiary/aromatic N) is 2. The molecule has 0 unspecified atom stereocenters. The largest absolute Gasteiger partial charge is 0.492 e. The number of primary amides is 1. The van der Waals surface area contributed by atoms with Gasteiger partial charge in [0.1, 0.15) is 12.4 Å². The predicted molar refractivity (Wildman–Crippen MR) is 93.2 cm³/mol. The third kappa shape index (κ3) is 4.82. The van der Waals surface area contributed by atoms with E-state index in [2.05, 4.69) is 4.90 Å². The minimum absolute atomic E-state index is 0.172. The van der Waals surface area contributed by atoms with E-state index in [4.69, 9.17) is 15.2 Å². The molecule has 138 valence electrons. The lowest BCUT2D eigenvalue weighted by molar-refractivity contribution is -0.386. The SMILES string of the molecule is CC(C)(C)c1c(OCCN2CCCC2)ccc(OC(N)=O)c1[N+](=O)[O-]. The van der Waals surface area contributed by atoms with Crippen LogP contribution in [0.5, 0.6) is 11.5 Å². The molecule has 1 aromatic carbocycles. The summed E-state index contributed by atoms with van der Waals surface area (Å²) in [6.07, 6.45) is 1.29. The maximum absolute atomic E-state index is 11.6. The van der Waals surface area contributed by atoms with Gasteiger partial charge in [0.15, 0.2) is 0 Å². The number of carbonyl (C=O) groups is 1. The van der Waals surface area contributed by atoms with E-state index in [1.807, 2.05) is 20.8 Å². The fourth-order valence-electron chi connectivity index (χ4n) is 3.06. The minimum atomic E-state index is -1.09. The molecule has 1 fully saturated rings. The van der Waals surface area contributed by atoms with Crippen molar-refractivity contribution in [3.05, 3.63) is 27.8 Å². The van der Waals surface area contributed by atoms with Crippen molar-refractivity contribution >= 4 is 11.8 Å². The third-order valence-electron chi connectivity index (χ3n) is 4.11. The van der Waals surface area contributed by atoms with Crippen LogP contribution in [0.1, 0.15) is 39.2 Å². The van der Waals surface area contributed by atoms with E-state index in [1.54, 1.807) is 6.07 Å². The highest BCUT2D eigenvalue weighted by Crippen LogP contribution is 2.44. The lowest BCUT2D eigenvalue weighted by Gasteiger charge is -2.24. The Morgan fingerprint density at radius 2 is 1.88 bits per heavy atom. The summed E-state index contributed by atoms with van der Waals surface area (Å²) >= 11 is 0. The molecule has 0 atom stereocenters. The number of likely N-dealkylation sites (tertiary alicyclic amines) is 1. The Hall–Kier alpha value is -2.35. The van der Waals surface area contributed by atoms with Crippen LogP contribution < -0.4 is 15.2 Å². The number of nitro benzene ring substituents is 1. The summed E-state index contributed by atoms with van der Waals surface area (Å²) in [7, 11) is 0. The Balaban J connectivity index is 2.32. The van der Waals surface area contributed by atoms with E-state index >= 15 is 0 Å². The predicted octanol–water partition coefficient (Wildman–Crippen LogP) is 2.82. The van der Waals surface area contributed by atoms with Crippen LogP contribution in [-0.4, -0.2) is 42.2 Å². The van der Waals surface area contributed by atoms with Crippen molar-refractivity contribution in [1.82, 2.24) is 4.90 Å².